The number of aromatic nitrogens is 4. The number of hydrogen-bond donors (Lipinski definition) is 1. The van der Waals surface area contributed by atoms with Crippen LogP contribution in [-0.2, 0) is 6.61 Å². The maximum atomic E-state index is 14.7. The molecule has 2 aromatic carbocycles. The van der Waals surface area contributed by atoms with E-state index in [0.717, 1.165) is 11.6 Å². The fourth-order valence-electron chi connectivity index (χ4n) is 2.53. The van der Waals surface area contributed by atoms with Crippen LogP contribution in [0.5, 0.6) is 5.75 Å². The van der Waals surface area contributed by atoms with Gasteiger partial charge in [-0.1, -0.05) is 23.7 Å². The van der Waals surface area contributed by atoms with Crippen LogP contribution in [0.15, 0.2) is 51.7 Å². The molecule has 0 saturated heterocycles. The summed E-state index contributed by atoms with van der Waals surface area (Å²) in [5.41, 5.74) is 1.04. The van der Waals surface area contributed by atoms with Gasteiger partial charge in [-0.25, -0.2) is 13.8 Å². The second kappa shape index (κ2) is 7.69. The molecule has 28 heavy (non-hydrogen) atoms. The summed E-state index contributed by atoms with van der Waals surface area (Å²) in [6.45, 7) is -0.160. The summed E-state index contributed by atoms with van der Waals surface area (Å²) in [4.78, 5) is 4.34. The minimum atomic E-state index is -0.891. The monoisotopic (exact) mass is 466 g/mol. The molecule has 0 saturated carbocycles. The van der Waals surface area contributed by atoms with Crippen molar-refractivity contribution in [3.63, 3.8) is 0 Å². The molecule has 6 nitrogen and oxygen atoms in total. The van der Waals surface area contributed by atoms with Crippen LogP contribution in [0.2, 0.25) is 5.02 Å². The van der Waals surface area contributed by atoms with E-state index in [0.29, 0.717) is 15.4 Å². The lowest BCUT2D eigenvalue weighted by molar-refractivity contribution is 0.249. The predicted octanol–water partition coefficient (Wildman–Crippen LogP) is 5.40. The number of ether oxygens (including phenoxy) is 1. The second-order valence-corrected chi connectivity index (χ2v) is 6.77. The Morgan fingerprint density at radius 3 is 2.64 bits per heavy atom. The molecular weight excluding hydrogens is 458 g/mol. The van der Waals surface area contributed by atoms with Gasteiger partial charge in [0, 0.05) is 10.6 Å². The fourth-order valence-corrected chi connectivity index (χ4v) is 3.16. The van der Waals surface area contributed by atoms with Crippen molar-refractivity contribution < 1.29 is 17.9 Å². The van der Waals surface area contributed by atoms with Crippen molar-refractivity contribution in [2.75, 3.05) is 0 Å². The maximum Gasteiger partial charge on any atom is 0.234 e. The topological polar surface area (TPSA) is 76.8 Å². The molecule has 0 radical (unpaired) electrons. The zero-order chi connectivity index (χ0) is 19.7. The van der Waals surface area contributed by atoms with Crippen molar-refractivity contribution in [3.8, 4) is 28.3 Å². The molecule has 0 bridgehead atoms. The van der Waals surface area contributed by atoms with Gasteiger partial charge in [-0.3, -0.25) is 0 Å². The van der Waals surface area contributed by atoms with Crippen molar-refractivity contribution in [3.05, 3.63) is 69.8 Å². The number of nitrogens with zero attached hydrogens (tertiary/aromatic N) is 3. The first-order chi connectivity index (χ1) is 13.5. The molecule has 0 fully saturated rings. The van der Waals surface area contributed by atoms with Crippen LogP contribution in [0, 0.1) is 11.6 Å². The van der Waals surface area contributed by atoms with Crippen LogP contribution in [0.1, 0.15) is 5.89 Å². The Hall–Kier alpha value is -2.78. The van der Waals surface area contributed by atoms with Crippen molar-refractivity contribution in [2.45, 2.75) is 6.61 Å². The number of benzene rings is 2. The van der Waals surface area contributed by atoms with E-state index in [9.17, 15) is 8.78 Å². The second-order valence-electron chi connectivity index (χ2n) is 5.62. The van der Waals surface area contributed by atoms with Crippen molar-refractivity contribution in [2.24, 2.45) is 0 Å². The fraction of sp³-hybridized carbons (Fsp3) is 0.0556. The van der Waals surface area contributed by atoms with E-state index in [1.807, 2.05) is 0 Å². The minimum Gasteiger partial charge on any atom is -0.481 e. The predicted molar refractivity (Wildman–Crippen MR) is 101 cm³/mol. The summed E-state index contributed by atoms with van der Waals surface area (Å²) in [5.74, 6) is -1.62. The lowest BCUT2D eigenvalue weighted by Gasteiger charge is -2.08. The van der Waals surface area contributed by atoms with E-state index in [1.165, 1.54) is 12.3 Å². The number of halogens is 4. The first-order valence-electron chi connectivity index (χ1n) is 7.91. The highest BCUT2D eigenvalue weighted by Crippen LogP contribution is 2.32. The molecular formula is C18H10BrClF2N4O2. The molecule has 4 rings (SSSR count). The van der Waals surface area contributed by atoms with Gasteiger partial charge in [0.25, 0.3) is 0 Å². The molecule has 4 aromatic rings. The van der Waals surface area contributed by atoms with Gasteiger partial charge in [-0.15, -0.1) is 0 Å². The molecule has 10 heteroatoms. The van der Waals surface area contributed by atoms with Gasteiger partial charge in [0.15, 0.2) is 22.8 Å². The average molecular weight is 468 g/mol. The van der Waals surface area contributed by atoms with E-state index in [1.54, 1.807) is 24.3 Å². The lowest BCUT2D eigenvalue weighted by atomic mass is 10.1. The number of rotatable bonds is 5. The highest BCUT2D eigenvalue weighted by Gasteiger charge is 2.20. The standard InChI is InChI=1S/C18H10BrClF2N4O2/c19-18-17(9-1-3-10(20)4-2-9)24-14(28-18)8-27-13-6-5-11(21)15(16(13)22)12-7-23-26-25-12/h1-7H,8H2,(H,23,25,26). The Labute approximate surface area is 170 Å². The Morgan fingerprint density at radius 2 is 1.93 bits per heavy atom. The highest BCUT2D eigenvalue weighted by atomic mass is 79.9. The number of hydrogen-bond acceptors (Lipinski definition) is 5. The first kappa shape index (κ1) is 18.6. The third-order valence-electron chi connectivity index (χ3n) is 3.83. The van der Waals surface area contributed by atoms with E-state index < -0.39 is 11.6 Å². The SMILES string of the molecule is Fc1ccc(OCc2nc(-c3ccc(Cl)cc3)c(Br)o2)c(F)c1-c1cn[nH]n1. The van der Waals surface area contributed by atoms with E-state index in [-0.39, 0.29) is 29.5 Å². The summed E-state index contributed by atoms with van der Waals surface area (Å²) >= 11 is 9.19. The van der Waals surface area contributed by atoms with E-state index in [4.69, 9.17) is 20.8 Å². The van der Waals surface area contributed by atoms with Gasteiger partial charge < -0.3 is 9.15 Å². The molecule has 0 atom stereocenters. The molecule has 1 N–H and O–H groups in total. The van der Waals surface area contributed by atoms with Gasteiger partial charge in [0.2, 0.25) is 5.89 Å². The summed E-state index contributed by atoms with van der Waals surface area (Å²) in [6, 6.07) is 9.32. The van der Waals surface area contributed by atoms with Gasteiger partial charge in [-0.2, -0.15) is 15.4 Å². The van der Waals surface area contributed by atoms with Crippen LogP contribution in [0.4, 0.5) is 8.78 Å². The van der Waals surface area contributed by atoms with Gasteiger partial charge >= 0.3 is 0 Å². The summed E-state index contributed by atoms with van der Waals surface area (Å²) in [7, 11) is 0. The van der Waals surface area contributed by atoms with Crippen molar-refractivity contribution >= 4 is 27.5 Å². The van der Waals surface area contributed by atoms with E-state index >= 15 is 0 Å². The Morgan fingerprint density at radius 1 is 1.14 bits per heavy atom. The first-order valence-corrected chi connectivity index (χ1v) is 9.08. The summed E-state index contributed by atoms with van der Waals surface area (Å²) < 4.78 is 40.0. The van der Waals surface area contributed by atoms with Crippen LogP contribution >= 0.6 is 27.5 Å². The third kappa shape index (κ3) is 3.63. The zero-order valence-corrected chi connectivity index (χ0v) is 16.3. The van der Waals surface area contributed by atoms with Crippen LogP contribution in [0.25, 0.3) is 22.5 Å². The van der Waals surface area contributed by atoms with Gasteiger partial charge in [0.1, 0.15) is 17.2 Å². The molecule has 142 valence electrons. The summed E-state index contributed by atoms with van der Waals surface area (Å²) in [6.07, 6.45) is 1.22. The third-order valence-corrected chi connectivity index (χ3v) is 4.62. The lowest BCUT2D eigenvalue weighted by Crippen LogP contribution is -2.00. The molecule has 0 unspecified atom stereocenters. The molecule has 0 spiro atoms. The van der Waals surface area contributed by atoms with Crippen LogP contribution < -0.4 is 4.74 Å². The largest absolute Gasteiger partial charge is 0.481 e. The molecule has 2 heterocycles. The Kier molecular flexibility index (Phi) is 5.10. The molecule has 0 amide bonds. The molecule has 0 aliphatic carbocycles. The smallest absolute Gasteiger partial charge is 0.234 e. The van der Waals surface area contributed by atoms with Crippen LogP contribution in [0.3, 0.4) is 0 Å². The maximum absolute atomic E-state index is 14.7. The van der Waals surface area contributed by atoms with Crippen molar-refractivity contribution in [1.29, 1.82) is 0 Å². The van der Waals surface area contributed by atoms with Crippen molar-refractivity contribution in [1.82, 2.24) is 20.4 Å². The van der Waals surface area contributed by atoms with Gasteiger partial charge in [-0.05, 0) is 40.2 Å². The van der Waals surface area contributed by atoms with E-state index in [2.05, 4.69) is 36.3 Å². The minimum absolute atomic E-state index is 0.0318. The number of oxazole rings is 1. The highest BCUT2D eigenvalue weighted by molar-refractivity contribution is 9.10. The molecule has 0 aliphatic rings. The summed E-state index contributed by atoms with van der Waals surface area (Å²) in [5, 5.41) is 10.2. The average Bonchev–Trinajstić information content (AvgIpc) is 3.32. The van der Waals surface area contributed by atoms with Gasteiger partial charge in [0.05, 0.1) is 11.8 Å². The quantitative estimate of drug-likeness (QED) is 0.425. The number of H-pyrrole nitrogens is 1. The zero-order valence-electron chi connectivity index (χ0n) is 13.9. The Bertz CT molecular complexity index is 1120. The number of aromatic amines is 1. The molecule has 0 aliphatic heterocycles. The Balaban J connectivity index is 1.56. The van der Waals surface area contributed by atoms with Crippen LogP contribution in [-0.4, -0.2) is 20.4 Å². The number of nitrogens with one attached hydrogen (secondary N) is 1. The molecule has 2 aromatic heterocycles. The normalized spacial score (nSPS) is 11.0.